The summed E-state index contributed by atoms with van der Waals surface area (Å²) in [5.41, 5.74) is 0. The number of aliphatic hydroxyl groups is 4. The van der Waals surface area contributed by atoms with Crippen LogP contribution in [0.1, 0.15) is 361 Å². The van der Waals surface area contributed by atoms with Gasteiger partial charge in [-0.05, 0) is 44.9 Å². The maximum atomic E-state index is 13.2. The summed E-state index contributed by atoms with van der Waals surface area (Å²) in [4.78, 5) is 13.2. The van der Waals surface area contributed by atoms with Crippen LogP contribution in [0.4, 0.5) is 0 Å². The number of unbranched alkanes of at least 4 members (excludes halogenated alkanes) is 48. The van der Waals surface area contributed by atoms with Crippen LogP contribution in [-0.4, -0.2) is 95.4 Å². The molecular formula is C70H135NO11S. The number of rotatable bonds is 64. The van der Waals surface area contributed by atoms with Crippen LogP contribution in [0.5, 0.6) is 0 Å². The average Bonchev–Trinajstić information content (AvgIpc) is 3.60. The highest BCUT2D eigenvalue weighted by molar-refractivity contribution is 7.80. The first kappa shape index (κ1) is 79.6. The van der Waals surface area contributed by atoms with Gasteiger partial charge in [0, 0.05) is 6.42 Å². The molecule has 0 aromatic carbocycles. The highest BCUT2D eigenvalue weighted by atomic mass is 32.3. The van der Waals surface area contributed by atoms with Crippen molar-refractivity contribution >= 4 is 16.3 Å². The number of hydrogen-bond acceptors (Lipinski definition) is 10. The van der Waals surface area contributed by atoms with Crippen LogP contribution in [-0.2, 0) is 28.9 Å². The summed E-state index contributed by atoms with van der Waals surface area (Å²) in [6.45, 7) is 3.52. The van der Waals surface area contributed by atoms with E-state index in [9.17, 15) is 38.2 Å². The number of carbonyl (C=O) groups excluding carboxylic acids is 1. The number of aliphatic hydroxyl groups excluding tert-OH is 4. The Morgan fingerprint density at radius 1 is 0.482 bits per heavy atom. The first-order valence-corrected chi connectivity index (χ1v) is 37.1. The fourth-order valence-electron chi connectivity index (χ4n) is 11.8. The molecule has 0 bridgehead atoms. The lowest BCUT2D eigenvalue weighted by molar-refractivity contribution is -0.298. The van der Waals surface area contributed by atoms with E-state index in [1.807, 2.05) is 0 Å². The van der Waals surface area contributed by atoms with Gasteiger partial charge in [0.25, 0.3) is 0 Å². The fraction of sp³-hybridized carbons (Fsp3) is 0.929. The Labute approximate surface area is 512 Å². The molecule has 1 aliphatic heterocycles. The van der Waals surface area contributed by atoms with Crippen LogP contribution < -0.4 is 5.32 Å². The van der Waals surface area contributed by atoms with Gasteiger partial charge in [-0.15, -0.1) is 0 Å². The van der Waals surface area contributed by atoms with Crippen molar-refractivity contribution in [2.75, 3.05) is 13.2 Å². The fourth-order valence-corrected chi connectivity index (χ4v) is 12.3. The van der Waals surface area contributed by atoms with Gasteiger partial charge in [0.1, 0.15) is 24.4 Å². The van der Waals surface area contributed by atoms with E-state index in [0.717, 1.165) is 57.8 Å². The zero-order valence-electron chi connectivity index (χ0n) is 54.0. The van der Waals surface area contributed by atoms with Gasteiger partial charge in [-0.25, -0.2) is 4.18 Å². The Hall–Kier alpha value is -1.42. The molecule has 1 aliphatic rings. The molecule has 7 unspecified atom stereocenters. The van der Waals surface area contributed by atoms with E-state index in [0.29, 0.717) is 12.8 Å². The molecule has 83 heavy (non-hydrogen) atoms. The van der Waals surface area contributed by atoms with Gasteiger partial charge < -0.3 is 35.2 Å². The number of hydrogen-bond donors (Lipinski definition) is 6. The number of carbonyl (C=O) groups is 1. The lowest BCUT2D eigenvalue weighted by atomic mass is 9.99. The summed E-state index contributed by atoms with van der Waals surface area (Å²) in [6.07, 6.45) is 67.8. The molecule has 492 valence electrons. The smallest absolute Gasteiger partial charge is 0.394 e. The van der Waals surface area contributed by atoms with Crippen LogP contribution in [0, 0.1) is 0 Å². The number of amides is 1. The highest BCUT2D eigenvalue weighted by Gasteiger charge is 2.48. The van der Waals surface area contributed by atoms with Crippen molar-refractivity contribution in [3.63, 3.8) is 0 Å². The summed E-state index contributed by atoms with van der Waals surface area (Å²) < 4.78 is 48.1. The molecule has 0 aromatic rings. The molecule has 0 aromatic heterocycles. The normalized spacial score (nSPS) is 18.5. The molecule has 7 atom stereocenters. The molecule has 1 fully saturated rings. The van der Waals surface area contributed by atoms with E-state index in [2.05, 4.69) is 47.7 Å². The van der Waals surface area contributed by atoms with Crippen molar-refractivity contribution in [1.82, 2.24) is 5.32 Å². The number of allylic oxidation sites excluding steroid dienone is 4. The number of ether oxygens (including phenoxy) is 2. The molecule has 6 N–H and O–H groups in total. The number of nitrogens with one attached hydrogen (secondary N) is 1. The van der Waals surface area contributed by atoms with Crippen molar-refractivity contribution < 1.29 is 51.8 Å². The molecule has 0 spiro atoms. The Balaban J connectivity index is 2.23. The van der Waals surface area contributed by atoms with Crippen molar-refractivity contribution in [3.8, 4) is 0 Å². The van der Waals surface area contributed by atoms with Gasteiger partial charge in [-0.2, -0.15) is 8.42 Å². The molecule has 0 saturated carbocycles. The molecule has 0 radical (unpaired) electrons. The van der Waals surface area contributed by atoms with Crippen LogP contribution in [0.3, 0.4) is 0 Å². The molecule has 12 nitrogen and oxygen atoms in total. The predicted octanol–water partition coefficient (Wildman–Crippen LogP) is 18.7. The quantitative estimate of drug-likeness (QED) is 0.0193. The Kier molecular flexibility index (Phi) is 57.1. The minimum absolute atomic E-state index is 0.223. The van der Waals surface area contributed by atoms with Crippen molar-refractivity contribution in [2.45, 2.75) is 403 Å². The maximum absolute atomic E-state index is 13.2. The largest absolute Gasteiger partial charge is 0.397 e. The molecule has 1 heterocycles. The zero-order valence-corrected chi connectivity index (χ0v) is 54.9. The van der Waals surface area contributed by atoms with Crippen molar-refractivity contribution in [2.24, 2.45) is 0 Å². The SMILES string of the molecule is CCCCCCCCCCC/C=C\C/C=C\CCCCCCCCCCCCCCCCCC(=O)NC(COC1OC(CO)C(O)C(OS(=O)(=O)O)C1O)C(O)CCCCCCCCCCCCCCCCCCCCCCCCCCC. The Bertz CT molecular complexity index is 1550. The monoisotopic (exact) mass is 1200 g/mol. The first-order chi connectivity index (χ1) is 40.5. The molecule has 0 aliphatic carbocycles. The van der Waals surface area contributed by atoms with Gasteiger partial charge in [0.15, 0.2) is 6.29 Å². The van der Waals surface area contributed by atoms with Crippen LogP contribution in [0.15, 0.2) is 24.3 Å². The van der Waals surface area contributed by atoms with Gasteiger partial charge >= 0.3 is 10.4 Å². The van der Waals surface area contributed by atoms with Crippen LogP contribution in [0.2, 0.25) is 0 Å². The average molecular weight is 1200 g/mol. The van der Waals surface area contributed by atoms with Gasteiger partial charge in [0.2, 0.25) is 5.91 Å². The predicted molar refractivity (Wildman–Crippen MR) is 347 cm³/mol. The molecule has 1 saturated heterocycles. The third kappa shape index (κ3) is 51.2. The maximum Gasteiger partial charge on any atom is 0.397 e. The van der Waals surface area contributed by atoms with Crippen LogP contribution >= 0.6 is 0 Å². The highest BCUT2D eigenvalue weighted by Crippen LogP contribution is 2.27. The van der Waals surface area contributed by atoms with E-state index >= 15 is 0 Å². The second kappa shape index (κ2) is 59.5. The molecule has 13 heteroatoms. The summed E-state index contributed by atoms with van der Waals surface area (Å²) in [5.74, 6) is -0.223. The minimum atomic E-state index is -5.09. The topological polar surface area (TPSA) is 192 Å². The zero-order chi connectivity index (χ0) is 60.4. The third-order valence-corrected chi connectivity index (χ3v) is 17.7. The van der Waals surface area contributed by atoms with E-state index < -0.39 is 59.9 Å². The van der Waals surface area contributed by atoms with Crippen molar-refractivity contribution in [1.29, 1.82) is 0 Å². The van der Waals surface area contributed by atoms with Gasteiger partial charge in [-0.1, -0.05) is 334 Å². The molecule has 1 amide bonds. The molecule has 1 rings (SSSR count). The summed E-state index contributed by atoms with van der Waals surface area (Å²) in [5, 5.41) is 45.4. The standard InChI is InChI=1S/C70H135NO11S/c1-3-5-7-9-11-13-15-17-19-21-23-25-27-29-30-31-32-33-34-36-38-40-42-44-46-48-50-52-54-56-58-60-66(74)71-63(62-80-70-68(76)69(82-83(77,78)79)67(75)65(61-72)81-70)64(73)59-57-55-53-51-49-47-45-43-41-39-37-35-28-26-24-22-20-18-16-14-12-10-8-6-4-2/h23,25,29-30,63-65,67-70,72-73,75-76H,3-22,24,26-28,31-62H2,1-2H3,(H,71,74)(H,77,78,79)/b25-23-,30-29-. The third-order valence-electron chi connectivity index (χ3n) is 17.3. The molecular weight excluding hydrogens is 1060 g/mol. The second-order valence-electron chi connectivity index (χ2n) is 25.2. The summed E-state index contributed by atoms with van der Waals surface area (Å²) in [7, 11) is -5.09. The second-order valence-corrected chi connectivity index (χ2v) is 26.2. The van der Waals surface area contributed by atoms with Gasteiger partial charge in [0.05, 0.1) is 25.4 Å². The first-order valence-electron chi connectivity index (χ1n) is 35.7. The minimum Gasteiger partial charge on any atom is -0.394 e. The van der Waals surface area contributed by atoms with E-state index in [4.69, 9.17) is 9.47 Å². The van der Waals surface area contributed by atoms with E-state index in [1.165, 1.54) is 276 Å². The Morgan fingerprint density at radius 2 is 0.807 bits per heavy atom. The lowest BCUT2D eigenvalue weighted by Gasteiger charge is -2.41. The lowest BCUT2D eigenvalue weighted by Crippen LogP contribution is -2.61. The summed E-state index contributed by atoms with van der Waals surface area (Å²) in [6, 6.07) is -0.859. The van der Waals surface area contributed by atoms with Crippen LogP contribution in [0.25, 0.3) is 0 Å². The van der Waals surface area contributed by atoms with Crippen molar-refractivity contribution in [3.05, 3.63) is 24.3 Å². The van der Waals surface area contributed by atoms with E-state index in [-0.39, 0.29) is 12.5 Å². The Morgan fingerprint density at radius 3 is 1.14 bits per heavy atom. The van der Waals surface area contributed by atoms with Gasteiger partial charge in [-0.3, -0.25) is 9.35 Å². The van der Waals surface area contributed by atoms with E-state index in [1.54, 1.807) is 0 Å². The summed E-state index contributed by atoms with van der Waals surface area (Å²) >= 11 is 0.